The van der Waals surface area contributed by atoms with Crippen molar-refractivity contribution in [2.24, 2.45) is 33.7 Å². The number of primary amides is 2. The third-order valence-corrected chi connectivity index (χ3v) is 9.70. The van der Waals surface area contributed by atoms with E-state index in [9.17, 15) is 57.5 Å². The van der Waals surface area contributed by atoms with Crippen molar-refractivity contribution in [2.75, 3.05) is 13.1 Å². The smallest absolute Gasteiger partial charge is 0.322 e. The topological polar surface area (TPSA) is 496 Å². The second-order valence-electron chi connectivity index (χ2n) is 15.7. The Hall–Kier alpha value is -7.42. The zero-order valence-corrected chi connectivity index (χ0v) is 38.3. The molecule has 0 aromatic heterocycles. The predicted molar refractivity (Wildman–Crippen MR) is 241 cm³/mol. The first-order valence-corrected chi connectivity index (χ1v) is 21.8. The molecule has 0 radical (unpaired) electrons. The van der Waals surface area contributed by atoms with Crippen LogP contribution >= 0.6 is 0 Å². The molecule has 0 fully saturated rings. The number of carbonyl (C=O) groups is 12. The van der Waals surface area contributed by atoms with E-state index in [1.807, 2.05) is 0 Å². The van der Waals surface area contributed by atoms with E-state index in [0.29, 0.717) is 6.42 Å². The number of Topliss-reactive ketones (excluding diaryl/α,β-unsaturated/α-hetero) is 1. The van der Waals surface area contributed by atoms with Gasteiger partial charge in [0.25, 0.3) is 0 Å². The lowest BCUT2D eigenvalue weighted by molar-refractivity contribution is -0.139. The number of nitrogens with two attached hydrogens (primary N) is 5. The van der Waals surface area contributed by atoms with Gasteiger partial charge in [0.05, 0.1) is 12.3 Å². The first-order valence-electron chi connectivity index (χ1n) is 21.8. The summed E-state index contributed by atoms with van der Waals surface area (Å²) >= 11 is 0. The lowest BCUT2D eigenvalue weighted by atomic mass is 10.0. The number of amidine groups is 1. The summed E-state index contributed by atoms with van der Waals surface area (Å²) in [6, 6.07) is -8.70. The van der Waals surface area contributed by atoms with E-state index < -0.39 is 146 Å². The van der Waals surface area contributed by atoms with Gasteiger partial charge in [0.1, 0.15) is 48.6 Å². The molecule has 0 aromatic rings. The number of carboxylic acid groups (broad SMARTS) is 2. The maximum absolute atomic E-state index is 13.9. The van der Waals surface area contributed by atoms with E-state index in [1.54, 1.807) is 6.92 Å². The monoisotopic (exact) mass is 969 g/mol. The van der Waals surface area contributed by atoms with Crippen molar-refractivity contribution >= 4 is 82.7 Å². The molecule has 28 nitrogen and oxygen atoms in total. The summed E-state index contributed by atoms with van der Waals surface area (Å²) in [6.45, 7) is 2.05. The van der Waals surface area contributed by atoms with Crippen LogP contribution < -0.4 is 65.9 Å². The number of aliphatic carboxylic acids is 2. The Morgan fingerprint density at radius 1 is 0.515 bits per heavy atom. The third-order valence-electron chi connectivity index (χ3n) is 9.70. The van der Waals surface area contributed by atoms with Crippen molar-refractivity contribution in [3.8, 4) is 0 Å². The fourth-order valence-electron chi connectivity index (χ4n) is 6.19. The highest BCUT2D eigenvalue weighted by Gasteiger charge is 2.33. The SMILES string of the molecule is CCCC(NC(=O)C(CCC(=O)NCC(=O)O)NC(=O)C(CCC(=O)CCC(=O)O)NC(C)=O)C(=O)NC(CCC(N)=O)C(=O)NC(CCCCC(=N)N)C(=O)NC(CCCN=C(N)N)C(N)=O. The van der Waals surface area contributed by atoms with Gasteiger partial charge in [0.15, 0.2) is 5.96 Å². The van der Waals surface area contributed by atoms with Crippen molar-refractivity contribution in [3.63, 3.8) is 0 Å². The molecule has 0 aliphatic heterocycles. The highest BCUT2D eigenvalue weighted by atomic mass is 16.4. The fourth-order valence-corrected chi connectivity index (χ4v) is 6.19. The fraction of sp³-hybridized carbons (Fsp3) is 0.650. The summed E-state index contributed by atoms with van der Waals surface area (Å²) in [5.74, 6) is -11.7. The van der Waals surface area contributed by atoms with E-state index in [-0.39, 0.29) is 82.5 Å². The molecule has 0 spiro atoms. The number of carbonyl (C=O) groups excluding carboxylic acids is 10. The quantitative estimate of drug-likeness (QED) is 0.0158. The molecular weight excluding hydrogens is 901 g/mol. The number of carboxylic acids is 2. The first kappa shape index (κ1) is 60.6. The van der Waals surface area contributed by atoms with Crippen LogP contribution in [0.4, 0.5) is 0 Å². The lowest BCUT2D eigenvalue weighted by Crippen LogP contribution is -2.59. The van der Waals surface area contributed by atoms with E-state index in [1.165, 1.54) is 0 Å². The minimum atomic E-state index is -1.64. The number of aliphatic imine (C=N–C) groups is 1. The molecule has 9 amide bonds. The summed E-state index contributed by atoms with van der Waals surface area (Å²) in [6.07, 6.45) is -2.31. The lowest BCUT2D eigenvalue weighted by Gasteiger charge is -2.27. The molecule has 6 atom stereocenters. The number of rotatable bonds is 37. The van der Waals surface area contributed by atoms with Gasteiger partial charge in [0, 0.05) is 45.6 Å². The van der Waals surface area contributed by atoms with Crippen molar-refractivity contribution in [1.82, 2.24) is 37.2 Å². The summed E-state index contributed by atoms with van der Waals surface area (Å²) in [7, 11) is 0. The molecule has 68 heavy (non-hydrogen) atoms. The first-order chi connectivity index (χ1) is 31.9. The number of hydrogen-bond donors (Lipinski definition) is 15. The van der Waals surface area contributed by atoms with Crippen LogP contribution in [0.3, 0.4) is 0 Å². The second-order valence-corrected chi connectivity index (χ2v) is 15.7. The largest absolute Gasteiger partial charge is 0.481 e. The predicted octanol–water partition coefficient (Wildman–Crippen LogP) is -4.79. The van der Waals surface area contributed by atoms with Crippen LogP contribution in [0.1, 0.15) is 117 Å². The Balaban J connectivity index is 6.63. The second kappa shape index (κ2) is 33.1. The van der Waals surface area contributed by atoms with Crippen molar-refractivity contribution in [3.05, 3.63) is 0 Å². The molecule has 0 saturated heterocycles. The number of amides is 9. The number of guanidine groups is 1. The average molecular weight is 969 g/mol. The number of hydrogen-bond acceptors (Lipinski definition) is 14. The normalized spacial score (nSPS) is 13.3. The van der Waals surface area contributed by atoms with Crippen LogP contribution in [-0.4, -0.2) is 142 Å². The van der Waals surface area contributed by atoms with E-state index in [2.05, 4.69) is 42.2 Å². The van der Waals surface area contributed by atoms with Crippen molar-refractivity contribution < 1.29 is 67.7 Å². The van der Waals surface area contributed by atoms with Gasteiger partial charge < -0.3 is 76.1 Å². The van der Waals surface area contributed by atoms with Gasteiger partial charge >= 0.3 is 11.9 Å². The minimum Gasteiger partial charge on any atom is -0.481 e. The number of ketones is 1. The Bertz CT molecular complexity index is 1840. The molecule has 0 rings (SSSR count). The zero-order chi connectivity index (χ0) is 51.9. The standard InChI is InChI=1S/C40H68N14O14/c1-3-7-24(51-39(68)28(15-17-31(58)48-20-33(61)62)54-37(66)26(49-21(2)55)13-11-22(56)12-18-32(59)60)35(64)53-27(14-16-30(43)57)38(67)52-25(8-4-5-10-29(41)42)36(65)50-23(34(44)63)9-6-19-47-40(45)46/h23-28H,3-20H2,1-2H3,(H3,41,42)(H2,43,57)(H2,44,63)(H,48,58)(H,49,55)(H,50,65)(H,51,68)(H,52,67)(H,53,64)(H,54,66)(H,59,60)(H,61,62)(H4,45,46,47). The van der Waals surface area contributed by atoms with Gasteiger partial charge in [-0.3, -0.25) is 67.9 Å². The Morgan fingerprint density at radius 3 is 1.41 bits per heavy atom. The summed E-state index contributed by atoms with van der Waals surface area (Å²) in [5, 5.41) is 42.1. The molecule has 0 heterocycles. The molecule has 0 bridgehead atoms. The molecule has 6 unspecified atom stereocenters. The van der Waals surface area contributed by atoms with Gasteiger partial charge in [-0.15, -0.1) is 0 Å². The average Bonchev–Trinajstić information content (AvgIpc) is 3.24. The van der Waals surface area contributed by atoms with Gasteiger partial charge in [-0.1, -0.05) is 19.8 Å². The van der Waals surface area contributed by atoms with Crippen LogP contribution in [0.5, 0.6) is 0 Å². The molecule has 28 heteroatoms. The van der Waals surface area contributed by atoms with Crippen LogP contribution in [0.15, 0.2) is 4.99 Å². The number of nitrogens with zero attached hydrogens (tertiary/aromatic N) is 1. The molecule has 20 N–H and O–H groups in total. The molecule has 382 valence electrons. The van der Waals surface area contributed by atoms with Crippen molar-refractivity contribution in [1.29, 1.82) is 5.41 Å². The molecule has 0 saturated carbocycles. The zero-order valence-electron chi connectivity index (χ0n) is 38.3. The van der Waals surface area contributed by atoms with Gasteiger partial charge in [0.2, 0.25) is 53.2 Å². The molecule has 0 aromatic carbocycles. The number of unbranched alkanes of at least 4 members (excludes halogenated alkanes) is 1. The van der Waals surface area contributed by atoms with Gasteiger partial charge in [-0.05, 0) is 51.4 Å². The molecule has 0 aliphatic carbocycles. The van der Waals surface area contributed by atoms with Crippen LogP contribution in [0, 0.1) is 5.41 Å². The maximum atomic E-state index is 13.9. The molecule has 0 aliphatic rings. The van der Waals surface area contributed by atoms with Crippen molar-refractivity contribution in [2.45, 2.75) is 153 Å². The van der Waals surface area contributed by atoms with Gasteiger partial charge in [-0.25, -0.2) is 0 Å². The van der Waals surface area contributed by atoms with E-state index >= 15 is 0 Å². The van der Waals surface area contributed by atoms with E-state index in [4.69, 9.17) is 44.3 Å². The highest BCUT2D eigenvalue weighted by molar-refractivity contribution is 5.97. The maximum Gasteiger partial charge on any atom is 0.322 e. The van der Waals surface area contributed by atoms with Crippen LogP contribution in [-0.2, 0) is 57.5 Å². The third kappa shape index (κ3) is 28.5. The Morgan fingerprint density at radius 2 is 0.971 bits per heavy atom. The van der Waals surface area contributed by atoms with Crippen LogP contribution in [0.25, 0.3) is 0 Å². The van der Waals surface area contributed by atoms with E-state index in [0.717, 1.165) is 6.92 Å². The summed E-state index contributed by atoms with van der Waals surface area (Å²) in [4.78, 5) is 155. The summed E-state index contributed by atoms with van der Waals surface area (Å²) in [5.41, 5.74) is 27.0. The van der Waals surface area contributed by atoms with Crippen LogP contribution in [0.2, 0.25) is 0 Å². The van der Waals surface area contributed by atoms with Gasteiger partial charge in [-0.2, -0.15) is 0 Å². The Kier molecular flexibility index (Phi) is 29.5. The number of nitrogens with one attached hydrogen (secondary N) is 8. The molecular formula is C40H68N14O14. The highest BCUT2D eigenvalue weighted by Crippen LogP contribution is 2.11. The minimum absolute atomic E-state index is 0.0141. The summed E-state index contributed by atoms with van der Waals surface area (Å²) < 4.78 is 0. The Labute approximate surface area is 392 Å².